The molecule has 2 heteroatoms. The summed E-state index contributed by atoms with van der Waals surface area (Å²) in [6.07, 6.45) is 0. The first-order valence-corrected chi connectivity index (χ1v) is 4.77. The van der Waals surface area contributed by atoms with E-state index in [9.17, 15) is 0 Å². The van der Waals surface area contributed by atoms with Gasteiger partial charge in [-0.1, -0.05) is 0 Å². The van der Waals surface area contributed by atoms with E-state index in [0.29, 0.717) is 0 Å². The molecule has 0 aliphatic heterocycles. The third-order valence-corrected chi connectivity index (χ3v) is 2.38. The molecule has 0 saturated carbocycles. The van der Waals surface area contributed by atoms with Crippen molar-refractivity contribution in [1.29, 1.82) is 0 Å². The molecule has 1 aromatic carbocycles. The monoisotopic (exact) mass is 364 g/mol. The first kappa shape index (κ1) is 6.70. The SMILES string of the molecule is Brc1ccc[c]([Bi])c1. The standard InChI is InChI=1S/C6H4Br.Bi/c7-6-4-2-1-3-5-6;/h1-2,4-5H;. The summed E-state index contributed by atoms with van der Waals surface area (Å²) in [5.41, 5.74) is 0. The van der Waals surface area contributed by atoms with Crippen molar-refractivity contribution in [1.82, 2.24) is 0 Å². The predicted molar refractivity (Wildman–Crippen MR) is 39.5 cm³/mol. The van der Waals surface area contributed by atoms with Crippen LogP contribution in [0.5, 0.6) is 0 Å². The first-order valence-electron chi connectivity index (χ1n) is 2.23. The summed E-state index contributed by atoms with van der Waals surface area (Å²) < 4.78 is 2.58. The molecule has 0 atom stereocenters. The first-order chi connectivity index (χ1) is 3.79. The molecule has 40 valence electrons. The normalized spacial score (nSPS) is 9.25. The Bertz CT molecular complexity index is 168. The van der Waals surface area contributed by atoms with Gasteiger partial charge in [0.05, 0.1) is 0 Å². The Morgan fingerprint density at radius 2 is 2.12 bits per heavy atom. The van der Waals surface area contributed by atoms with E-state index >= 15 is 0 Å². The Morgan fingerprint density at radius 1 is 1.38 bits per heavy atom. The fourth-order valence-electron chi connectivity index (χ4n) is 0.476. The maximum absolute atomic E-state index is 3.38. The molecule has 1 rings (SSSR count). The summed E-state index contributed by atoms with van der Waals surface area (Å²) in [5, 5.41) is 0. The van der Waals surface area contributed by atoms with Crippen LogP contribution < -0.4 is 3.27 Å². The van der Waals surface area contributed by atoms with Crippen molar-refractivity contribution in [3.8, 4) is 0 Å². The molecular weight excluding hydrogens is 361 g/mol. The van der Waals surface area contributed by atoms with Gasteiger partial charge in [-0.15, -0.1) is 0 Å². The van der Waals surface area contributed by atoms with E-state index in [1.54, 1.807) is 0 Å². The Balaban J connectivity index is 3.08. The summed E-state index contributed by atoms with van der Waals surface area (Å²) in [7, 11) is 0. The Kier molecular flexibility index (Phi) is 2.46. The molecule has 0 aromatic heterocycles. The Morgan fingerprint density at radius 3 is 2.50 bits per heavy atom. The number of benzene rings is 1. The van der Waals surface area contributed by atoms with Crippen LogP contribution in [0.4, 0.5) is 0 Å². The second-order valence-electron chi connectivity index (χ2n) is 1.48. The Hall–Kier alpha value is 0.583. The van der Waals surface area contributed by atoms with Gasteiger partial charge in [0.15, 0.2) is 0 Å². The second kappa shape index (κ2) is 2.93. The topological polar surface area (TPSA) is 0 Å². The van der Waals surface area contributed by atoms with Gasteiger partial charge in [-0.25, -0.2) is 0 Å². The van der Waals surface area contributed by atoms with Crippen molar-refractivity contribution in [2.75, 3.05) is 0 Å². The van der Waals surface area contributed by atoms with Crippen LogP contribution in [0.1, 0.15) is 0 Å². The molecule has 0 N–H and O–H groups in total. The molecule has 0 saturated heterocycles. The van der Waals surface area contributed by atoms with Crippen molar-refractivity contribution in [2.24, 2.45) is 0 Å². The summed E-state index contributed by atoms with van der Waals surface area (Å²) in [6, 6.07) is 8.35. The van der Waals surface area contributed by atoms with Crippen molar-refractivity contribution in [2.45, 2.75) is 0 Å². The van der Waals surface area contributed by atoms with Gasteiger partial charge in [0.1, 0.15) is 0 Å². The van der Waals surface area contributed by atoms with E-state index in [4.69, 9.17) is 0 Å². The van der Waals surface area contributed by atoms with Gasteiger partial charge in [0.2, 0.25) is 0 Å². The van der Waals surface area contributed by atoms with Gasteiger partial charge in [-0.3, -0.25) is 0 Å². The molecule has 2 radical (unpaired) electrons. The average Bonchev–Trinajstić information content (AvgIpc) is 1.64. The van der Waals surface area contributed by atoms with E-state index in [0.717, 1.165) is 0 Å². The van der Waals surface area contributed by atoms with Gasteiger partial charge in [0.25, 0.3) is 0 Å². The molecule has 8 heavy (non-hydrogen) atoms. The van der Waals surface area contributed by atoms with E-state index in [1.165, 1.54) is 32.5 Å². The molecule has 1 aromatic rings. The van der Waals surface area contributed by atoms with Crippen molar-refractivity contribution in [3.63, 3.8) is 0 Å². The zero-order chi connectivity index (χ0) is 5.98. The van der Waals surface area contributed by atoms with E-state index in [-0.39, 0.29) is 0 Å². The molecule has 0 spiro atoms. The van der Waals surface area contributed by atoms with Gasteiger partial charge in [0, 0.05) is 0 Å². The van der Waals surface area contributed by atoms with Crippen LogP contribution in [0.3, 0.4) is 0 Å². The predicted octanol–water partition coefficient (Wildman–Crippen LogP) is 1.24. The molecule has 0 bridgehead atoms. The third kappa shape index (κ3) is 1.83. The molecule has 0 nitrogen and oxygen atoms in total. The van der Waals surface area contributed by atoms with Gasteiger partial charge >= 0.3 is 72.7 Å². The summed E-state index contributed by atoms with van der Waals surface area (Å²) in [6.45, 7) is 0. The minimum atomic E-state index is 1.18. The third-order valence-electron chi connectivity index (χ3n) is 0.808. The Labute approximate surface area is 72.3 Å². The van der Waals surface area contributed by atoms with Crippen LogP contribution in [0.2, 0.25) is 0 Å². The molecule has 0 unspecified atom stereocenters. The van der Waals surface area contributed by atoms with Crippen LogP contribution in [0.25, 0.3) is 0 Å². The van der Waals surface area contributed by atoms with E-state index < -0.39 is 0 Å². The van der Waals surface area contributed by atoms with Crippen molar-refractivity contribution < 1.29 is 0 Å². The summed E-state index contributed by atoms with van der Waals surface area (Å²) in [5.74, 6) is 0. The summed E-state index contributed by atoms with van der Waals surface area (Å²) >= 11 is 4.71. The number of hydrogen-bond donors (Lipinski definition) is 0. The van der Waals surface area contributed by atoms with Gasteiger partial charge < -0.3 is 0 Å². The second-order valence-corrected chi connectivity index (χ2v) is 4.40. The number of halogens is 1. The fraction of sp³-hybridized carbons (Fsp3) is 0. The zero-order valence-electron chi connectivity index (χ0n) is 4.13. The van der Waals surface area contributed by atoms with Crippen LogP contribution in [0.15, 0.2) is 28.7 Å². The number of hydrogen-bond acceptors (Lipinski definition) is 0. The quantitative estimate of drug-likeness (QED) is 0.608. The van der Waals surface area contributed by atoms with Gasteiger partial charge in [-0.2, -0.15) is 0 Å². The van der Waals surface area contributed by atoms with Crippen LogP contribution in [-0.2, 0) is 0 Å². The van der Waals surface area contributed by atoms with Crippen LogP contribution in [0, 0.1) is 0 Å². The molecule has 0 amide bonds. The minimum absolute atomic E-state index is 1.18. The van der Waals surface area contributed by atoms with Crippen LogP contribution in [-0.4, -0.2) is 24.7 Å². The van der Waals surface area contributed by atoms with Gasteiger partial charge in [-0.05, 0) is 0 Å². The molecule has 0 aliphatic carbocycles. The maximum atomic E-state index is 3.38. The van der Waals surface area contributed by atoms with Crippen molar-refractivity contribution in [3.05, 3.63) is 28.7 Å². The number of rotatable bonds is 0. The van der Waals surface area contributed by atoms with E-state index in [2.05, 4.69) is 34.1 Å². The average molecular weight is 365 g/mol. The summed E-state index contributed by atoms with van der Waals surface area (Å²) in [4.78, 5) is 0. The van der Waals surface area contributed by atoms with Crippen molar-refractivity contribution >= 4 is 43.9 Å². The fourth-order valence-corrected chi connectivity index (χ4v) is 2.47. The molecule has 0 fully saturated rings. The molecular formula is C6H4BiBr. The molecule has 0 heterocycles. The van der Waals surface area contributed by atoms with Crippen LogP contribution >= 0.6 is 15.9 Å². The molecule has 0 aliphatic rings. The van der Waals surface area contributed by atoms with E-state index in [1.807, 2.05) is 6.07 Å². The zero-order valence-corrected chi connectivity index (χ0v) is 9.20.